The first-order valence-corrected chi connectivity index (χ1v) is 6.87. The van der Waals surface area contributed by atoms with Gasteiger partial charge in [0, 0.05) is 0 Å². The molecule has 0 aliphatic carbocycles. The first-order chi connectivity index (χ1) is 10.5. The molecule has 1 unspecified atom stereocenters. The van der Waals surface area contributed by atoms with Crippen molar-refractivity contribution in [2.45, 2.75) is 13.0 Å². The van der Waals surface area contributed by atoms with Crippen molar-refractivity contribution in [1.29, 1.82) is 0 Å². The lowest BCUT2D eigenvalue weighted by atomic mass is 10.1. The highest BCUT2D eigenvalue weighted by Gasteiger charge is 2.16. The van der Waals surface area contributed by atoms with Crippen LogP contribution in [0.4, 0.5) is 0 Å². The number of aryl methyl sites for hydroxylation is 1. The van der Waals surface area contributed by atoms with Crippen molar-refractivity contribution in [1.82, 2.24) is 0 Å². The number of aromatic hydroxyl groups is 1. The van der Waals surface area contributed by atoms with E-state index in [0.717, 1.165) is 5.56 Å². The second-order valence-electron chi connectivity index (χ2n) is 4.91. The summed E-state index contributed by atoms with van der Waals surface area (Å²) in [7, 11) is 2.88. The van der Waals surface area contributed by atoms with E-state index in [1.807, 2.05) is 31.2 Å². The van der Waals surface area contributed by atoms with E-state index in [0.29, 0.717) is 11.3 Å². The SMILES string of the molecule is COc1cc(C(O)COc2ccc(C)cc2)cc(OC)c1O. The molecule has 2 aromatic rings. The van der Waals surface area contributed by atoms with Crippen molar-refractivity contribution in [2.75, 3.05) is 20.8 Å². The Morgan fingerprint density at radius 2 is 1.55 bits per heavy atom. The summed E-state index contributed by atoms with van der Waals surface area (Å²) in [5, 5.41) is 20.1. The van der Waals surface area contributed by atoms with E-state index in [9.17, 15) is 10.2 Å². The Morgan fingerprint density at radius 3 is 2.05 bits per heavy atom. The molecule has 5 heteroatoms. The molecule has 0 heterocycles. The average Bonchev–Trinajstić information content (AvgIpc) is 2.54. The third kappa shape index (κ3) is 3.62. The molecule has 0 saturated carbocycles. The number of hydrogen-bond donors (Lipinski definition) is 2. The minimum Gasteiger partial charge on any atom is -0.502 e. The van der Waals surface area contributed by atoms with Crippen LogP contribution >= 0.6 is 0 Å². The summed E-state index contributed by atoms with van der Waals surface area (Å²) in [5.41, 5.74) is 1.68. The number of benzene rings is 2. The van der Waals surface area contributed by atoms with Gasteiger partial charge in [-0.25, -0.2) is 0 Å². The summed E-state index contributed by atoms with van der Waals surface area (Å²) in [4.78, 5) is 0. The predicted molar refractivity (Wildman–Crippen MR) is 82.8 cm³/mol. The predicted octanol–water partition coefficient (Wildman–Crippen LogP) is 2.83. The monoisotopic (exact) mass is 304 g/mol. The van der Waals surface area contributed by atoms with E-state index in [2.05, 4.69) is 0 Å². The number of phenols is 1. The fraction of sp³-hybridized carbons (Fsp3) is 0.294. The number of rotatable bonds is 6. The van der Waals surface area contributed by atoms with Gasteiger partial charge in [-0.1, -0.05) is 17.7 Å². The zero-order valence-corrected chi connectivity index (χ0v) is 12.9. The Labute approximate surface area is 129 Å². The quantitative estimate of drug-likeness (QED) is 0.859. The second-order valence-corrected chi connectivity index (χ2v) is 4.91. The fourth-order valence-electron chi connectivity index (χ4n) is 2.01. The highest BCUT2D eigenvalue weighted by atomic mass is 16.5. The van der Waals surface area contributed by atoms with Gasteiger partial charge >= 0.3 is 0 Å². The van der Waals surface area contributed by atoms with Crippen molar-refractivity contribution >= 4 is 0 Å². The van der Waals surface area contributed by atoms with E-state index in [-0.39, 0.29) is 23.9 Å². The van der Waals surface area contributed by atoms with Crippen LogP contribution in [0.5, 0.6) is 23.0 Å². The largest absolute Gasteiger partial charge is 0.502 e. The molecule has 22 heavy (non-hydrogen) atoms. The Hall–Kier alpha value is -2.40. The normalized spacial score (nSPS) is 11.8. The Balaban J connectivity index is 2.11. The van der Waals surface area contributed by atoms with E-state index in [1.165, 1.54) is 14.2 Å². The summed E-state index contributed by atoms with van der Waals surface area (Å²) < 4.78 is 15.7. The number of ether oxygens (including phenoxy) is 3. The molecule has 0 fully saturated rings. The van der Waals surface area contributed by atoms with Crippen LogP contribution in [-0.2, 0) is 0 Å². The maximum Gasteiger partial charge on any atom is 0.200 e. The van der Waals surface area contributed by atoms with Crippen molar-refractivity contribution in [3.8, 4) is 23.0 Å². The van der Waals surface area contributed by atoms with Gasteiger partial charge in [0.15, 0.2) is 11.5 Å². The van der Waals surface area contributed by atoms with Gasteiger partial charge in [-0.05, 0) is 36.8 Å². The molecular formula is C17H20O5. The molecule has 0 spiro atoms. The Morgan fingerprint density at radius 1 is 1.00 bits per heavy atom. The molecule has 0 aliphatic heterocycles. The number of aliphatic hydroxyl groups excluding tert-OH is 1. The smallest absolute Gasteiger partial charge is 0.200 e. The van der Waals surface area contributed by atoms with Gasteiger partial charge in [0.1, 0.15) is 18.5 Å². The number of methoxy groups -OCH3 is 2. The molecular weight excluding hydrogens is 284 g/mol. The summed E-state index contributed by atoms with van der Waals surface area (Å²) in [6.45, 7) is 2.08. The van der Waals surface area contributed by atoms with E-state index in [4.69, 9.17) is 14.2 Å². The number of hydrogen-bond acceptors (Lipinski definition) is 5. The Kier molecular flexibility index (Phi) is 5.12. The first kappa shape index (κ1) is 16.0. The molecule has 0 aliphatic rings. The van der Waals surface area contributed by atoms with E-state index in [1.54, 1.807) is 12.1 Å². The van der Waals surface area contributed by atoms with Gasteiger partial charge < -0.3 is 24.4 Å². The van der Waals surface area contributed by atoms with Crippen LogP contribution in [0.2, 0.25) is 0 Å². The topological polar surface area (TPSA) is 68.2 Å². The Bertz CT molecular complexity index is 596. The van der Waals surface area contributed by atoms with Crippen LogP contribution in [-0.4, -0.2) is 31.0 Å². The minimum absolute atomic E-state index is 0.0835. The second kappa shape index (κ2) is 7.04. The molecule has 0 amide bonds. The van der Waals surface area contributed by atoms with Crippen molar-refractivity contribution < 1.29 is 24.4 Å². The summed E-state index contributed by atoms with van der Waals surface area (Å²) in [6.07, 6.45) is -0.871. The van der Waals surface area contributed by atoms with Crippen LogP contribution in [0.3, 0.4) is 0 Å². The van der Waals surface area contributed by atoms with Gasteiger partial charge in [0.05, 0.1) is 14.2 Å². The summed E-state index contributed by atoms with van der Waals surface area (Å²) >= 11 is 0. The lowest BCUT2D eigenvalue weighted by molar-refractivity contribution is 0.107. The molecule has 0 saturated heterocycles. The molecule has 2 N–H and O–H groups in total. The molecule has 2 aromatic carbocycles. The van der Waals surface area contributed by atoms with E-state index < -0.39 is 6.10 Å². The standard InChI is InChI=1S/C17H20O5/c1-11-4-6-13(7-5-11)22-10-14(18)12-8-15(20-2)17(19)16(9-12)21-3/h4-9,14,18-19H,10H2,1-3H3. The zero-order chi connectivity index (χ0) is 16.1. The molecule has 0 aromatic heterocycles. The van der Waals surface area contributed by atoms with Crippen LogP contribution in [0.1, 0.15) is 17.2 Å². The van der Waals surface area contributed by atoms with Gasteiger partial charge in [0.25, 0.3) is 0 Å². The number of aliphatic hydroxyl groups is 1. The lowest BCUT2D eigenvalue weighted by Gasteiger charge is -2.16. The van der Waals surface area contributed by atoms with Crippen molar-refractivity contribution in [3.05, 3.63) is 47.5 Å². The first-order valence-electron chi connectivity index (χ1n) is 6.87. The fourth-order valence-corrected chi connectivity index (χ4v) is 2.01. The van der Waals surface area contributed by atoms with Crippen molar-refractivity contribution in [2.24, 2.45) is 0 Å². The zero-order valence-electron chi connectivity index (χ0n) is 12.9. The van der Waals surface area contributed by atoms with Gasteiger partial charge in [-0.2, -0.15) is 0 Å². The third-order valence-electron chi connectivity index (χ3n) is 3.32. The minimum atomic E-state index is -0.871. The maximum absolute atomic E-state index is 10.2. The molecule has 0 radical (unpaired) electrons. The average molecular weight is 304 g/mol. The molecule has 2 rings (SSSR count). The van der Waals surface area contributed by atoms with Crippen LogP contribution in [0.25, 0.3) is 0 Å². The molecule has 0 bridgehead atoms. The van der Waals surface area contributed by atoms with Crippen molar-refractivity contribution in [3.63, 3.8) is 0 Å². The summed E-state index contributed by atoms with van der Waals surface area (Å²) in [6, 6.07) is 10.7. The maximum atomic E-state index is 10.2. The van der Waals surface area contributed by atoms with Gasteiger partial charge in [-0.3, -0.25) is 0 Å². The molecule has 5 nitrogen and oxygen atoms in total. The van der Waals surface area contributed by atoms with E-state index >= 15 is 0 Å². The third-order valence-corrected chi connectivity index (χ3v) is 3.32. The van der Waals surface area contributed by atoms with Crippen LogP contribution < -0.4 is 14.2 Å². The van der Waals surface area contributed by atoms with Gasteiger partial charge in [0.2, 0.25) is 5.75 Å². The highest BCUT2D eigenvalue weighted by Crippen LogP contribution is 2.38. The highest BCUT2D eigenvalue weighted by molar-refractivity contribution is 5.53. The molecule has 118 valence electrons. The van der Waals surface area contributed by atoms with Gasteiger partial charge in [-0.15, -0.1) is 0 Å². The van der Waals surface area contributed by atoms with Crippen LogP contribution in [0.15, 0.2) is 36.4 Å². The summed E-state index contributed by atoms with van der Waals surface area (Å²) in [5.74, 6) is 1.07. The molecule has 1 atom stereocenters. The number of phenolic OH excluding ortho intramolecular Hbond substituents is 1. The van der Waals surface area contributed by atoms with Crippen LogP contribution in [0, 0.1) is 6.92 Å². The lowest BCUT2D eigenvalue weighted by Crippen LogP contribution is -2.10.